The lowest BCUT2D eigenvalue weighted by molar-refractivity contribution is -0.115. The van der Waals surface area contributed by atoms with Crippen LogP contribution in [0.2, 0.25) is 0 Å². The highest BCUT2D eigenvalue weighted by molar-refractivity contribution is 5.95. The zero-order valence-electron chi connectivity index (χ0n) is 16.1. The predicted octanol–water partition coefficient (Wildman–Crippen LogP) is 2.95. The minimum Gasteiger partial charge on any atom is -0.328 e. The fourth-order valence-electron chi connectivity index (χ4n) is 3.20. The second-order valence-corrected chi connectivity index (χ2v) is 6.57. The molecule has 0 aliphatic heterocycles. The average molecular weight is 378 g/mol. The molecule has 146 valence electrons. The van der Waals surface area contributed by atoms with Crippen molar-refractivity contribution >= 4 is 22.9 Å². The first kappa shape index (κ1) is 19.9. The van der Waals surface area contributed by atoms with Gasteiger partial charge in [0, 0.05) is 26.1 Å². The highest BCUT2D eigenvalue weighted by atomic mass is 16.5. The lowest BCUT2D eigenvalue weighted by Crippen LogP contribution is -2.18. The van der Waals surface area contributed by atoms with Crippen LogP contribution in [0.25, 0.3) is 17.1 Å². The first-order valence-corrected chi connectivity index (χ1v) is 9.53. The van der Waals surface area contributed by atoms with Gasteiger partial charge >= 0.3 is 0 Å². The lowest BCUT2D eigenvalue weighted by atomic mass is 10.1. The molecular weight excluding hydrogens is 352 g/mol. The van der Waals surface area contributed by atoms with E-state index in [9.17, 15) is 4.79 Å². The van der Waals surface area contributed by atoms with Crippen molar-refractivity contribution in [2.45, 2.75) is 26.4 Å². The Morgan fingerprint density at radius 3 is 2.79 bits per heavy atom. The second-order valence-electron chi connectivity index (χ2n) is 6.57. The molecule has 28 heavy (non-hydrogen) atoms. The van der Waals surface area contributed by atoms with Crippen molar-refractivity contribution in [3.05, 3.63) is 71.6 Å². The third-order valence-corrected chi connectivity index (χ3v) is 4.58. The van der Waals surface area contributed by atoms with Crippen LogP contribution < -0.4 is 10.8 Å². The fraction of sp³-hybridized carbons (Fsp3) is 0.273. The number of nitrogens with zero attached hydrogens (tertiary/aromatic N) is 2. The van der Waals surface area contributed by atoms with Crippen LogP contribution in [0.1, 0.15) is 23.9 Å². The van der Waals surface area contributed by atoms with E-state index in [1.165, 1.54) is 11.6 Å². The van der Waals surface area contributed by atoms with E-state index in [4.69, 9.17) is 10.2 Å². The largest absolute Gasteiger partial charge is 0.328 e. The Morgan fingerprint density at radius 2 is 2.04 bits per heavy atom. The molecule has 3 aromatic rings. The number of ketones is 1. The quantitative estimate of drug-likeness (QED) is 0.287. The maximum atomic E-state index is 11.5. The van der Waals surface area contributed by atoms with E-state index in [2.05, 4.69) is 28.9 Å². The van der Waals surface area contributed by atoms with Gasteiger partial charge in [0.15, 0.2) is 5.78 Å². The van der Waals surface area contributed by atoms with E-state index in [-0.39, 0.29) is 12.3 Å². The zero-order chi connectivity index (χ0) is 19.8. The summed E-state index contributed by atoms with van der Waals surface area (Å²) in [6.45, 7) is 4.59. The topological polar surface area (TPSA) is 79.2 Å². The van der Waals surface area contributed by atoms with Gasteiger partial charge in [0.1, 0.15) is 5.82 Å². The van der Waals surface area contributed by atoms with Crippen LogP contribution in [-0.4, -0.2) is 33.6 Å². The van der Waals surface area contributed by atoms with E-state index in [1.54, 1.807) is 6.08 Å². The van der Waals surface area contributed by atoms with Crippen molar-refractivity contribution in [3.8, 4) is 0 Å². The number of rotatable bonds is 10. The summed E-state index contributed by atoms with van der Waals surface area (Å²) in [7, 11) is 0. The summed E-state index contributed by atoms with van der Waals surface area (Å²) in [6.07, 6.45) is 4.04. The highest BCUT2D eigenvalue weighted by Gasteiger charge is 2.09. The Kier molecular flexibility index (Phi) is 7.08. The third kappa shape index (κ3) is 5.13. The van der Waals surface area contributed by atoms with Crippen LogP contribution in [0.5, 0.6) is 0 Å². The van der Waals surface area contributed by atoms with Gasteiger partial charge in [-0.1, -0.05) is 42.5 Å². The van der Waals surface area contributed by atoms with Gasteiger partial charge in [-0.15, -0.1) is 0 Å². The monoisotopic (exact) mass is 378 g/mol. The number of imidazole rings is 1. The second kappa shape index (κ2) is 9.94. The summed E-state index contributed by atoms with van der Waals surface area (Å²) in [6, 6.07) is 16.4. The Balaban J connectivity index is 1.67. The molecule has 0 atom stereocenters. The number of hydrogen-bond acceptors (Lipinski definition) is 5. The molecule has 3 rings (SSSR count). The van der Waals surface area contributed by atoms with Gasteiger partial charge < -0.3 is 15.1 Å². The molecule has 2 aromatic carbocycles. The number of carbonyl (C=O) groups is 1. The molecular formula is C22H26N4O2. The molecule has 1 aromatic heterocycles. The molecule has 0 spiro atoms. The summed E-state index contributed by atoms with van der Waals surface area (Å²) >= 11 is 0. The smallest absolute Gasteiger partial charge is 0.171 e. The number of benzene rings is 2. The SMILES string of the molecule is CCn1c(CCNCc2ccccc2)nc2cc(/C=C/C(=O)CNO)ccc21. The highest BCUT2D eigenvalue weighted by Crippen LogP contribution is 2.19. The molecule has 0 bridgehead atoms. The standard InChI is InChI=1S/C22H26N4O2/c1-2-26-21-11-9-17(8-10-19(27)16-24-28)14-20(21)25-22(26)12-13-23-15-18-6-4-3-5-7-18/h3-11,14,23-24,28H,2,12-13,15-16H2,1H3/b10-8+. The number of aromatic nitrogens is 2. The number of fused-ring (bicyclic) bond motifs is 1. The van der Waals surface area contributed by atoms with Gasteiger partial charge in [-0.05, 0) is 36.3 Å². The van der Waals surface area contributed by atoms with Gasteiger partial charge in [-0.25, -0.2) is 4.98 Å². The molecule has 3 N–H and O–H groups in total. The van der Waals surface area contributed by atoms with E-state index < -0.39 is 0 Å². The van der Waals surface area contributed by atoms with Crippen molar-refractivity contribution in [1.82, 2.24) is 20.3 Å². The Hall–Kier alpha value is -2.80. The van der Waals surface area contributed by atoms with Crippen molar-refractivity contribution in [1.29, 1.82) is 0 Å². The molecule has 0 aliphatic rings. The van der Waals surface area contributed by atoms with Crippen molar-refractivity contribution in [3.63, 3.8) is 0 Å². The number of carbonyl (C=O) groups excluding carboxylic acids is 1. The Bertz CT molecular complexity index is 948. The minimum atomic E-state index is -0.188. The van der Waals surface area contributed by atoms with Crippen molar-refractivity contribution in [2.75, 3.05) is 13.1 Å². The molecule has 0 saturated carbocycles. The summed E-state index contributed by atoms with van der Waals surface area (Å²) < 4.78 is 2.23. The van der Waals surface area contributed by atoms with Gasteiger partial charge in [0.25, 0.3) is 0 Å². The van der Waals surface area contributed by atoms with Crippen LogP contribution in [0.15, 0.2) is 54.6 Å². The maximum Gasteiger partial charge on any atom is 0.171 e. The summed E-state index contributed by atoms with van der Waals surface area (Å²) in [4.78, 5) is 16.3. The van der Waals surface area contributed by atoms with Gasteiger partial charge in [-0.3, -0.25) is 4.79 Å². The molecule has 6 nitrogen and oxygen atoms in total. The minimum absolute atomic E-state index is 0.0939. The molecule has 1 heterocycles. The first-order chi connectivity index (χ1) is 13.7. The predicted molar refractivity (Wildman–Crippen MR) is 111 cm³/mol. The molecule has 0 radical (unpaired) electrons. The van der Waals surface area contributed by atoms with Crippen molar-refractivity contribution in [2.24, 2.45) is 0 Å². The zero-order valence-corrected chi connectivity index (χ0v) is 16.1. The number of nitrogens with one attached hydrogen (secondary N) is 2. The van der Waals surface area contributed by atoms with Crippen LogP contribution in [0, 0.1) is 0 Å². The maximum absolute atomic E-state index is 11.5. The van der Waals surface area contributed by atoms with Gasteiger partial charge in [0.05, 0.1) is 17.6 Å². The van der Waals surface area contributed by atoms with Crippen LogP contribution in [0.3, 0.4) is 0 Å². The van der Waals surface area contributed by atoms with E-state index in [0.29, 0.717) is 0 Å². The molecule has 0 aliphatic carbocycles. The number of aryl methyl sites for hydroxylation is 1. The summed E-state index contributed by atoms with van der Waals surface area (Å²) in [5, 5.41) is 12.0. The third-order valence-electron chi connectivity index (χ3n) is 4.58. The molecule has 6 heteroatoms. The van der Waals surface area contributed by atoms with E-state index in [0.717, 1.165) is 48.5 Å². The average Bonchev–Trinajstić information content (AvgIpc) is 3.07. The van der Waals surface area contributed by atoms with E-state index in [1.807, 2.05) is 41.9 Å². The van der Waals surface area contributed by atoms with Crippen LogP contribution in [0.4, 0.5) is 0 Å². The molecule has 0 fully saturated rings. The number of hydroxylamine groups is 1. The van der Waals surface area contributed by atoms with Gasteiger partial charge in [-0.2, -0.15) is 5.48 Å². The molecule has 0 saturated heterocycles. The van der Waals surface area contributed by atoms with Crippen molar-refractivity contribution < 1.29 is 10.0 Å². The summed E-state index contributed by atoms with van der Waals surface area (Å²) in [5.41, 5.74) is 6.07. The molecule has 0 amide bonds. The number of hydrogen-bond donors (Lipinski definition) is 3. The lowest BCUT2D eigenvalue weighted by Gasteiger charge is -2.07. The normalized spacial score (nSPS) is 11.5. The summed E-state index contributed by atoms with van der Waals surface area (Å²) in [5.74, 6) is 0.867. The van der Waals surface area contributed by atoms with E-state index >= 15 is 0 Å². The molecule has 0 unspecified atom stereocenters. The first-order valence-electron chi connectivity index (χ1n) is 9.53. The Morgan fingerprint density at radius 1 is 1.21 bits per heavy atom. The van der Waals surface area contributed by atoms with Crippen LogP contribution >= 0.6 is 0 Å². The van der Waals surface area contributed by atoms with Gasteiger partial charge in [0.2, 0.25) is 0 Å². The Labute approximate surface area is 164 Å². The van der Waals surface area contributed by atoms with Crippen LogP contribution in [-0.2, 0) is 24.3 Å². The fourth-order valence-corrected chi connectivity index (χ4v) is 3.20.